The van der Waals surface area contributed by atoms with Crippen LogP contribution in [-0.4, -0.2) is 71.1 Å². The Balaban J connectivity index is 1.03. The van der Waals surface area contributed by atoms with Crippen molar-refractivity contribution in [1.82, 2.24) is 19.9 Å². The van der Waals surface area contributed by atoms with Gasteiger partial charge in [-0.05, 0) is 104 Å². The molecule has 5 fully saturated rings. The number of piperidine rings is 1. The van der Waals surface area contributed by atoms with Crippen LogP contribution in [0.3, 0.4) is 0 Å². The molecule has 2 aromatic carbocycles. The van der Waals surface area contributed by atoms with Crippen LogP contribution in [0.4, 0.5) is 23.5 Å². The van der Waals surface area contributed by atoms with E-state index in [1.54, 1.807) is 0 Å². The number of aromatic nitrogens is 3. The van der Waals surface area contributed by atoms with E-state index in [0.29, 0.717) is 35.2 Å². The van der Waals surface area contributed by atoms with E-state index in [1.807, 2.05) is 30.3 Å². The second-order valence-electron chi connectivity index (χ2n) is 13.8. The number of anilines is 4. The van der Waals surface area contributed by atoms with Gasteiger partial charge in [0.15, 0.2) is 0 Å². The summed E-state index contributed by atoms with van der Waals surface area (Å²) in [6, 6.07) is 14.8. The SMILES string of the molecule is CC1(C)[C@H]2CC[C@@H](CNc3nc(NCC(=O)Nc4ccc5ccccc5c4)nc(N4CCC(N5CCCC5)CC4)n3)[C@@H]1C2. The van der Waals surface area contributed by atoms with Crippen LogP contribution in [0.25, 0.3) is 10.8 Å². The van der Waals surface area contributed by atoms with E-state index in [4.69, 9.17) is 15.0 Å². The molecule has 2 saturated heterocycles. The Morgan fingerprint density at radius 1 is 0.884 bits per heavy atom. The third-order valence-electron chi connectivity index (χ3n) is 11.0. The normalized spacial score (nSPS) is 25.3. The Morgan fingerprint density at radius 3 is 2.37 bits per heavy atom. The highest BCUT2D eigenvalue weighted by Crippen LogP contribution is 2.61. The molecule has 0 unspecified atom stereocenters. The summed E-state index contributed by atoms with van der Waals surface area (Å²) >= 11 is 0. The number of fused-ring (bicyclic) bond motifs is 3. The molecule has 0 radical (unpaired) electrons. The summed E-state index contributed by atoms with van der Waals surface area (Å²) in [6.45, 7) is 10.2. The van der Waals surface area contributed by atoms with Gasteiger partial charge in [0.25, 0.3) is 0 Å². The molecule has 228 valence electrons. The average Bonchev–Trinajstić information content (AvgIpc) is 3.58. The summed E-state index contributed by atoms with van der Waals surface area (Å²) in [7, 11) is 0. The number of nitrogens with one attached hydrogen (secondary N) is 3. The molecule has 9 nitrogen and oxygen atoms in total. The minimum absolute atomic E-state index is 0.0764. The molecule has 9 heteroatoms. The van der Waals surface area contributed by atoms with Gasteiger partial charge in [0.1, 0.15) is 0 Å². The molecule has 1 aromatic heterocycles. The maximum atomic E-state index is 12.9. The highest BCUT2D eigenvalue weighted by Gasteiger charge is 2.53. The molecule has 3 heterocycles. The van der Waals surface area contributed by atoms with Crippen LogP contribution < -0.4 is 20.9 Å². The minimum Gasteiger partial charge on any atom is -0.354 e. The molecule has 3 N–H and O–H groups in total. The molecular weight excluding hydrogens is 536 g/mol. The van der Waals surface area contributed by atoms with E-state index < -0.39 is 0 Å². The lowest BCUT2D eigenvalue weighted by atomic mass is 9.45. The molecule has 3 atom stereocenters. The predicted molar refractivity (Wildman–Crippen MR) is 174 cm³/mol. The molecule has 3 aliphatic carbocycles. The maximum absolute atomic E-state index is 12.9. The van der Waals surface area contributed by atoms with Crippen LogP contribution in [0.2, 0.25) is 0 Å². The zero-order chi connectivity index (χ0) is 29.4. The average molecular weight is 583 g/mol. The Kier molecular flexibility index (Phi) is 7.84. The number of hydrogen-bond donors (Lipinski definition) is 3. The van der Waals surface area contributed by atoms with Gasteiger partial charge < -0.3 is 25.8 Å². The second kappa shape index (κ2) is 11.9. The van der Waals surface area contributed by atoms with E-state index in [1.165, 1.54) is 45.2 Å². The zero-order valence-corrected chi connectivity index (χ0v) is 25.7. The Bertz CT molecular complexity index is 1440. The minimum atomic E-state index is -0.137. The van der Waals surface area contributed by atoms with Crippen molar-refractivity contribution >= 4 is 40.2 Å². The summed E-state index contributed by atoms with van der Waals surface area (Å²) in [5, 5.41) is 12.0. The van der Waals surface area contributed by atoms with Crippen molar-refractivity contribution in [2.75, 3.05) is 60.1 Å². The first-order valence-electron chi connectivity index (χ1n) is 16.4. The van der Waals surface area contributed by atoms with Gasteiger partial charge in [-0.15, -0.1) is 0 Å². The van der Waals surface area contributed by atoms with Gasteiger partial charge in [-0.2, -0.15) is 15.0 Å². The lowest BCUT2D eigenvalue weighted by Gasteiger charge is -2.60. The quantitative estimate of drug-likeness (QED) is 0.299. The van der Waals surface area contributed by atoms with Gasteiger partial charge in [-0.1, -0.05) is 44.2 Å². The van der Waals surface area contributed by atoms with Crippen LogP contribution in [0.1, 0.15) is 58.8 Å². The number of nitrogens with zero attached hydrogens (tertiary/aromatic N) is 5. The van der Waals surface area contributed by atoms with Crippen LogP contribution in [0.15, 0.2) is 42.5 Å². The highest BCUT2D eigenvalue weighted by molar-refractivity contribution is 5.96. The van der Waals surface area contributed by atoms with Crippen molar-refractivity contribution in [3.8, 4) is 0 Å². The topological polar surface area (TPSA) is 98.3 Å². The monoisotopic (exact) mass is 582 g/mol. The number of hydrogen-bond acceptors (Lipinski definition) is 8. The number of carbonyl (C=O) groups is 1. The molecule has 5 aliphatic rings. The first-order chi connectivity index (χ1) is 20.9. The number of carbonyl (C=O) groups excluding carboxylic acids is 1. The Labute approximate surface area is 255 Å². The molecule has 3 aromatic rings. The molecule has 2 aliphatic heterocycles. The van der Waals surface area contributed by atoms with E-state index in [0.717, 1.165) is 60.8 Å². The van der Waals surface area contributed by atoms with Gasteiger partial charge in [-0.3, -0.25) is 4.79 Å². The van der Waals surface area contributed by atoms with E-state index in [-0.39, 0.29) is 12.5 Å². The first-order valence-corrected chi connectivity index (χ1v) is 16.4. The molecule has 43 heavy (non-hydrogen) atoms. The summed E-state index contributed by atoms with van der Waals surface area (Å²) < 4.78 is 0. The van der Waals surface area contributed by atoms with Crippen LogP contribution >= 0.6 is 0 Å². The van der Waals surface area contributed by atoms with E-state index in [2.05, 4.69) is 51.7 Å². The molecule has 3 saturated carbocycles. The predicted octanol–water partition coefficient (Wildman–Crippen LogP) is 5.62. The van der Waals surface area contributed by atoms with E-state index >= 15 is 0 Å². The highest BCUT2D eigenvalue weighted by atomic mass is 16.1. The second-order valence-corrected chi connectivity index (χ2v) is 13.8. The Hall–Kier alpha value is -3.46. The molecule has 8 rings (SSSR count). The van der Waals surface area contributed by atoms with Gasteiger partial charge in [-0.25, -0.2) is 0 Å². The summed E-state index contributed by atoms with van der Waals surface area (Å²) in [5.74, 6) is 3.89. The van der Waals surface area contributed by atoms with Crippen molar-refractivity contribution in [2.45, 2.75) is 64.8 Å². The van der Waals surface area contributed by atoms with Crippen molar-refractivity contribution < 1.29 is 4.79 Å². The van der Waals surface area contributed by atoms with E-state index in [9.17, 15) is 4.79 Å². The fourth-order valence-electron chi connectivity index (χ4n) is 8.26. The number of benzene rings is 2. The van der Waals surface area contributed by atoms with Crippen molar-refractivity contribution in [3.05, 3.63) is 42.5 Å². The molecule has 0 spiro atoms. The van der Waals surface area contributed by atoms with Gasteiger partial charge in [0.2, 0.25) is 23.8 Å². The van der Waals surface area contributed by atoms with Crippen LogP contribution in [0, 0.1) is 23.2 Å². The summed E-state index contributed by atoms with van der Waals surface area (Å²) in [6.07, 6.45) is 8.86. The molecular formula is C34H46N8O. The van der Waals surface area contributed by atoms with Crippen molar-refractivity contribution in [1.29, 1.82) is 0 Å². The summed E-state index contributed by atoms with van der Waals surface area (Å²) in [4.78, 5) is 32.3. The molecule has 2 bridgehead atoms. The van der Waals surface area contributed by atoms with Gasteiger partial charge >= 0.3 is 0 Å². The third kappa shape index (κ3) is 6.01. The van der Waals surface area contributed by atoms with Crippen LogP contribution in [-0.2, 0) is 4.79 Å². The largest absolute Gasteiger partial charge is 0.354 e. The Morgan fingerprint density at radius 2 is 1.63 bits per heavy atom. The maximum Gasteiger partial charge on any atom is 0.243 e. The number of rotatable bonds is 9. The fourth-order valence-corrected chi connectivity index (χ4v) is 8.26. The molecule has 1 amide bonds. The lowest BCUT2D eigenvalue weighted by molar-refractivity contribution is -0.114. The van der Waals surface area contributed by atoms with Gasteiger partial charge in [0.05, 0.1) is 6.54 Å². The van der Waals surface area contributed by atoms with Gasteiger partial charge in [0, 0.05) is 31.4 Å². The fraction of sp³-hybridized carbons (Fsp3) is 0.588. The first kappa shape index (κ1) is 28.3. The number of likely N-dealkylation sites (tertiary alicyclic amines) is 1. The zero-order valence-electron chi connectivity index (χ0n) is 25.7. The standard InChI is InChI=1S/C34H46N8O/c1-34(2)26-11-9-25(29(34)20-26)21-35-31-38-32(36-22-30(43)37-27-12-10-23-7-3-4-8-24(23)19-27)40-33(39-31)42-17-13-28(14-18-42)41-15-5-6-16-41/h3-4,7-8,10,12,19,25-26,28-29H,5-6,9,11,13-18,20-22H2,1-2H3,(H,37,43)(H2,35,36,38,39,40)/t25-,26-,29-/m0/s1. The number of amides is 1. The summed E-state index contributed by atoms with van der Waals surface area (Å²) in [5.41, 5.74) is 1.22. The third-order valence-corrected chi connectivity index (χ3v) is 11.0. The van der Waals surface area contributed by atoms with Crippen molar-refractivity contribution in [3.63, 3.8) is 0 Å². The lowest BCUT2D eigenvalue weighted by Crippen LogP contribution is -2.53. The van der Waals surface area contributed by atoms with Crippen molar-refractivity contribution in [2.24, 2.45) is 23.2 Å². The van der Waals surface area contributed by atoms with Crippen LogP contribution in [0.5, 0.6) is 0 Å². The smallest absolute Gasteiger partial charge is 0.243 e.